The van der Waals surface area contributed by atoms with Gasteiger partial charge in [0.1, 0.15) is 0 Å². The third kappa shape index (κ3) is 56.2. The molecule has 0 spiro atoms. The number of amides is 1. The number of carbonyl (C=O) groups is 1. The molecule has 0 radical (unpaired) electrons. The van der Waals surface area contributed by atoms with Crippen molar-refractivity contribution in [3.63, 3.8) is 0 Å². The first-order valence-electron chi connectivity index (χ1n) is 30.5. The number of aliphatic hydroxyl groups is 2. The zero-order valence-electron chi connectivity index (χ0n) is 46.5. The molecule has 0 saturated heterocycles. The topological polar surface area (TPSA) is 69.6 Å². The molecule has 3 N–H and O–H groups in total. The van der Waals surface area contributed by atoms with E-state index in [0.29, 0.717) is 6.42 Å². The smallest absolute Gasteiger partial charge is 0.220 e. The fraction of sp³-hybridized carbons (Fsp3) is 0.742. The van der Waals surface area contributed by atoms with Crippen molar-refractivity contribution in [3.05, 3.63) is 97.2 Å². The molecule has 4 nitrogen and oxygen atoms in total. The van der Waals surface area contributed by atoms with E-state index in [1.54, 1.807) is 6.08 Å². The van der Waals surface area contributed by atoms with Crippen molar-refractivity contribution >= 4 is 5.91 Å². The first kappa shape index (κ1) is 67.3. The molecule has 2 unspecified atom stereocenters. The van der Waals surface area contributed by atoms with Crippen LogP contribution >= 0.6 is 0 Å². The highest BCUT2D eigenvalue weighted by Crippen LogP contribution is 2.17. The molecule has 0 heterocycles. The van der Waals surface area contributed by atoms with Crippen LogP contribution in [-0.2, 0) is 4.79 Å². The summed E-state index contributed by atoms with van der Waals surface area (Å²) in [5.41, 5.74) is 0. The molecule has 0 aliphatic heterocycles. The van der Waals surface area contributed by atoms with Gasteiger partial charge in [0, 0.05) is 6.42 Å². The third-order valence-corrected chi connectivity index (χ3v) is 13.6. The van der Waals surface area contributed by atoms with E-state index in [2.05, 4.69) is 104 Å². The van der Waals surface area contributed by atoms with Crippen LogP contribution in [0, 0.1) is 0 Å². The first-order chi connectivity index (χ1) is 34.7. The summed E-state index contributed by atoms with van der Waals surface area (Å²) < 4.78 is 0. The van der Waals surface area contributed by atoms with E-state index < -0.39 is 12.1 Å². The second kappa shape index (κ2) is 60.6. The van der Waals surface area contributed by atoms with Gasteiger partial charge >= 0.3 is 0 Å². The summed E-state index contributed by atoms with van der Waals surface area (Å²) >= 11 is 0. The number of nitrogens with one attached hydrogen (secondary N) is 1. The van der Waals surface area contributed by atoms with Gasteiger partial charge in [-0.25, -0.2) is 0 Å². The van der Waals surface area contributed by atoms with E-state index in [4.69, 9.17) is 0 Å². The van der Waals surface area contributed by atoms with Crippen LogP contribution in [0.2, 0.25) is 0 Å². The molecule has 0 aliphatic carbocycles. The number of rotatable bonds is 55. The van der Waals surface area contributed by atoms with Gasteiger partial charge in [-0.2, -0.15) is 0 Å². The number of aliphatic hydroxyl groups excluding tert-OH is 2. The van der Waals surface area contributed by atoms with Gasteiger partial charge < -0.3 is 15.5 Å². The van der Waals surface area contributed by atoms with E-state index in [-0.39, 0.29) is 12.5 Å². The lowest BCUT2D eigenvalue weighted by molar-refractivity contribution is -0.123. The van der Waals surface area contributed by atoms with Gasteiger partial charge in [-0.15, -0.1) is 0 Å². The van der Waals surface area contributed by atoms with E-state index in [9.17, 15) is 15.0 Å². The van der Waals surface area contributed by atoms with E-state index >= 15 is 0 Å². The highest BCUT2D eigenvalue weighted by molar-refractivity contribution is 5.76. The summed E-state index contributed by atoms with van der Waals surface area (Å²) in [4.78, 5) is 12.5. The Morgan fingerprint density at radius 1 is 0.357 bits per heavy atom. The van der Waals surface area contributed by atoms with Crippen LogP contribution in [0.4, 0.5) is 0 Å². The van der Waals surface area contributed by atoms with Crippen LogP contribution < -0.4 is 5.32 Å². The van der Waals surface area contributed by atoms with Crippen LogP contribution in [0.3, 0.4) is 0 Å². The Kier molecular flexibility index (Phi) is 58.3. The molecule has 0 saturated carbocycles. The molecule has 0 aliphatic rings. The summed E-state index contributed by atoms with van der Waals surface area (Å²) in [6.45, 7) is 4.20. The fourth-order valence-corrected chi connectivity index (χ4v) is 8.97. The second-order valence-electron chi connectivity index (χ2n) is 20.4. The number of carbonyl (C=O) groups excluding carboxylic acids is 1. The Balaban J connectivity index is 3.56. The van der Waals surface area contributed by atoms with Crippen LogP contribution in [0.1, 0.15) is 296 Å². The molecule has 0 rings (SSSR count). The van der Waals surface area contributed by atoms with Crippen molar-refractivity contribution in [2.24, 2.45) is 0 Å². The average molecular weight is 973 g/mol. The SMILES string of the molecule is CC/C=C\C/C=C\C/C=C\C/C=C\C/C=C\C/C=C\CCCCCCCCCCCCC(=O)NC(CO)C(O)/C=C/CC/C=C/CCCCCCCCCCCCCCCCCCCCCCCCC. The van der Waals surface area contributed by atoms with Gasteiger partial charge in [0.15, 0.2) is 0 Å². The van der Waals surface area contributed by atoms with E-state index in [1.165, 1.54) is 205 Å². The minimum Gasteiger partial charge on any atom is -0.394 e. The molecule has 2 atom stereocenters. The largest absolute Gasteiger partial charge is 0.394 e. The van der Waals surface area contributed by atoms with Crippen molar-refractivity contribution in [3.8, 4) is 0 Å². The maximum absolute atomic E-state index is 12.5. The molecule has 0 fully saturated rings. The molecular weight excluding hydrogens is 855 g/mol. The number of allylic oxidation sites excluding steroid dienone is 15. The number of hydrogen-bond donors (Lipinski definition) is 3. The lowest BCUT2D eigenvalue weighted by Gasteiger charge is -2.19. The van der Waals surface area contributed by atoms with Crippen molar-refractivity contribution in [1.82, 2.24) is 5.32 Å². The summed E-state index contributed by atoms with van der Waals surface area (Å²) in [7, 11) is 0. The van der Waals surface area contributed by atoms with Crippen LogP contribution in [0.25, 0.3) is 0 Å². The Bertz CT molecular complexity index is 1290. The van der Waals surface area contributed by atoms with Gasteiger partial charge in [-0.1, -0.05) is 304 Å². The maximum atomic E-state index is 12.5. The van der Waals surface area contributed by atoms with Gasteiger partial charge in [0.25, 0.3) is 0 Å². The second-order valence-corrected chi connectivity index (χ2v) is 20.4. The molecule has 404 valence electrons. The van der Waals surface area contributed by atoms with Crippen molar-refractivity contribution in [2.45, 2.75) is 309 Å². The predicted molar refractivity (Wildman–Crippen MR) is 313 cm³/mol. The molecular formula is C66H117NO3. The van der Waals surface area contributed by atoms with Gasteiger partial charge in [-0.05, 0) is 83.5 Å². The summed E-state index contributed by atoms with van der Waals surface area (Å²) in [6, 6.07) is -0.649. The van der Waals surface area contributed by atoms with Crippen molar-refractivity contribution in [1.29, 1.82) is 0 Å². The Morgan fingerprint density at radius 2 is 0.643 bits per heavy atom. The summed E-state index contributed by atoms with van der Waals surface area (Å²) in [5, 5.41) is 23.2. The zero-order chi connectivity index (χ0) is 50.6. The summed E-state index contributed by atoms with van der Waals surface area (Å²) in [6.07, 6.45) is 90.2. The van der Waals surface area contributed by atoms with Crippen LogP contribution in [0.15, 0.2) is 97.2 Å². The molecule has 70 heavy (non-hydrogen) atoms. The van der Waals surface area contributed by atoms with E-state index in [0.717, 1.165) is 70.6 Å². The lowest BCUT2D eigenvalue weighted by atomic mass is 10.0. The highest BCUT2D eigenvalue weighted by Gasteiger charge is 2.18. The van der Waals surface area contributed by atoms with Gasteiger partial charge in [0.05, 0.1) is 18.8 Å². The molecule has 0 aromatic carbocycles. The Morgan fingerprint density at radius 3 is 1.00 bits per heavy atom. The highest BCUT2D eigenvalue weighted by atomic mass is 16.3. The average Bonchev–Trinajstić information content (AvgIpc) is 3.36. The number of hydrogen-bond acceptors (Lipinski definition) is 3. The zero-order valence-corrected chi connectivity index (χ0v) is 46.5. The molecule has 0 aromatic rings. The van der Waals surface area contributed by atoms with Crippen LogP contribution in [0.5, 0.6) is 0 Å². The monoisotopic (exact) mass is 972 g/mol. The quantitative estimate of drug-likeness (QED) is 0.0420. The Labute approximate surface area is 436 Å². The number of unbranched alkanes of at least 4 members (excludes halogenated alkanes) is 34. The standard InChI is InChI=1S/C66H117NO3/c1-3-5-7-9-11-13-15-17-19-21-23-25-27-29-31-33-35-37-39-41-43-45-47-49-51-53-55-57-59-61-65(69)64(63-68)67-66(70)62-60-58-56-54-52-50-48-46-44-42-40-38-36-34-32-30-28-26-24-22-20-18-16-14-12-10-8-6-4-2/h6,8,12,14,18,20,24,26,30,32,36,38,51,53,59,61,64-65,68-69H,3-5,7,9-11,13,15-17,19,21-23,25,27-29,31,33-35,37,39-50,52,54-58,60,62-63H2,1-2H3,(H,67,70)/b8-6-,14-12-,20-18-,26-24-,32-30-,38-36-,53-51+,61-59+. The minimum absolute atomic E-state index is 0.0796. The van der Waals surface area contributed by atoms with Gasteiger partial charge in [-0.3, -0.25) is 4.79 Å². The maximum Gasteiger partial charge on any atom is 0.220 e. The lowest BCUT2D eigenvalue weighted by Crippen LogP contribution is -2.45. The van der Waals surface area contributed by atoms with Crippen LogP contribution in [-0.4, -0.2) is 34.9 Å². The molecule has 0 bridgehead atoms. The summed E-state index contributed by atoms with van der Waals surface area (Å²) in [5.74, 6) is -0.0796. The molecule has 4 heteroatoms. The van der Waals surface area contributed by atoms with Crippen molar-refractivity contribution < 1.29 is 15.0 Å². The third-order valence-electron chi connectivity index (χ3n) is 13.6. The van der Waals surface area contributed by atoms with E-state index in [1.807, 2.05) is 6.08 Å². The minimum atomic E-state index is -0.872. The first-order valence-corrected chi connectivity index (χ1v) is 30.5. The predicted octanol–water partition coefficient (Wildman–Crippen LogP) is 20.5. The Hall–Kier alpha value is -2.69. The fourth-order valence-electron chi connectivity index (χ4n) is 8.97. The molecule has 0 aromatic heterocycles. The van der Waals surface area contributed by atoms with Crippen molar-refractivity contribution in [2.75, 3.05) is 6.61 Å². The normalized spacial score (nSPS) is 13.5. The van der Waals surface area contributed by atoms with Gasteiger partial charge in [0.2, 0.25) is 5.91 Å². The molecule has 1 amide bonds.